The van der Waals surface area contributed by atoms with Crippen LogP contribution in [0.2, 0.25) is 0 Å². The van der Waals surface area contributed by atoms with Crippen molar-refractivity contribution in [3.05, 3.63) is 59.2 Å². The topological polar surface area (TPSA) is 21.3 Å². The Balaban J connectivity index is 1.85. The number of thioether (sulfide) groups is 1. The van der Waals surface area contributed by atoms with Crippen LogP contribution in [-0.2, 0) is 5.75 Å². The van der Waals surface area contributed by atoms with Gasteiger partial charge in [0.05, 0.1) is 13.2 Å². The number of ether oxygens (including phenoxy) is 1. The van der Waals surface area contributed by atoms with Gasteiger partial charge in [-0.15, -0.1) is 0 Å². The lowest BCUT2D eigenvalue weighted by molar-refractivity contribution is 0.414. The number of methoxy groups -OCH3 is 1. The number of fused-ring (bicyclic) bond motifs is 1. The van der Waals surface area contributed by atoms with Gasteiger partial charge in [-0.3, -0.25) is 0 Å². The van der Waals surface area contributed by atoms with Gasteiger partial charge in [-0.05, 0) is 41.8 Å². The summed E-state index contributed by atoms with van der Waals surface area (Å²) in [6.07, 6.45) is 0. The molecule has 3 heteroatoms. The minimum Gasteiger partial charge on any atom is -0.497 e. The molecule has 1 N–H and O–H groups in total. The third-order valence-corrected chi connectivity index (χ3v) is 4.82. The van der Waals surface area contributed by atoms with Crippen molar-refractivity contribution in [2.45, 2.75) is 18.7 Å². The van der Waals surface area contributed by atoms with Crippen LogP contribution in [0.15, 0.2) is 42.5 Å². The normalized spacial score (nSPS) is 17.4. The summed E-state index contributed by atoms with van der Waals surface area (Å²) >= 11 is 1.99. The number of rotatable bonds is 3. The predicted molar refractivity (Wildman–Crippen MR) is 86.7 cm³/mol. The molecule has 0 spiro atoms. The van der Waals surface area contributed by atoms with E-state index >= 15 is 0 Å². The highest BCUT2D eigenvalue weighted by Gasteiger charge is 2.20. The van der Waals surface area contributed by atoms with Crippen molar-refractivity contribution in [2.75, 3.05) is 18.2 Å². The maximum atomic E-state index is 5.26. The second kappa shape index (κ2) is 5.80. The summed E-state index contributed by atoms with van der Waals surface area (Å²) < 4.78 is 5.26. The van der Waals surface area contributed by atoms with Crippen molar-refractivity contribution in [3.8, 4) is 5.75 Å². The van der Waals surface area contributed by atoms with E-state index in [4.69, 9.17) is 4.74 Å². The zero-order valence-electron chi connectivity index (χ0n) is 11.8. The molecule has 1 aliphatic heterocycles. The van der Waals surface area contributed by atoms with Crippen LogP contribution < -0.4 is 10.1 Å². The monoisotopic (exact) mass is 285 g/mol. The second-order valence-corrected chi connectivity index (χ2v) is 6.12. The number of hydrogen-bond acceptors (Lipinski definition) is 3. The van der Waals surface area contributed by atoms with Gasteiger partial charge in [0.1, 0.15) is 5.75 Å². The van der Waals surface area contributed by atoms with Crippen LogP contribution in [0.25, 0.3) is 0 Å². The molecule has 2 nitrogen and oxygen atoms in total. The maximum Gasteiger partial charge on any atom is 0.119 e. The summed E-state index contributed by atoms with van der Waals surface area (Å²) in [6.45, 7) is 2.12. The van der Waals surface area contributed by atoms with Crippen molar-refractivity contribution in [2.24, 2.45) is 0 Å². The number of aryl methyl sites for hydroxylation is 1. The Morgan fingerprint density at radius 2 is 2.05 bits per heavy atom. The molecule has 2 aromatic carbocycles. The van der Waals surface area contributed by atoms with E-state index < -0.39 is 0 Å². The predicted octanol–water partition coefficient (Wildman–Crippen LogP) is 4.40. The van der Waals surface area contributed by atoms with E-state index in [9.17, 15) is 0 Å². The van der Waals surface area contributed by atoms with Gasteiger partial charge in [0.25, 0.3) is 0 Å². The molecule has 20 heavy (non-hydrogen) atoms. The molecular formula is C17H19NOS. The molecule has 0 amide bonds. The van der Waals surface area contributed by atoms with Crippen molar-refractivity contribution < 1.29 is 4.74 Å². The van der Waals surface area contributed by atoms with Crippen LogP contribution in [0, 0.1) is 6.92 Å². The van der Waals surface area contributed by atoms with E-state index in [0.29, 0.717) is 6.04 Å². The quantitative estimate of drug-likeness (QED) is 0.903. The highest BCUT2D eigenvalue weighted by molar-refractivity contribution is 7.98. The van der Waals surface area contributed by atoms with Gasteiger partial charge in [-0.1, -0.05) is 24.3 Å². The summed E-state index contributed by atoms with van der Waals surface area (Å²) in [6, 6.07) is 15.3. The molecule has 3 rings (SSSR count). The average molecular weight is 285 g/mol. The fraction of sp³-hybridized carbons (Fsp3) is 0.294. The van der Waals surface area contributed by atoms with Gasteiger partial charge >= 0.3 is 0 Å². The Hall–Kier alpha value is -1.61. The van der Waals surface area contributed by atoms with Crippen LogP contribution in [-0.4, -0.2) is 12.9 Å². The van der Waals surface area contributed by atoms with E-state index in [1.54, 1.807) is 7.11 Å². The van der Waals surface area contributed by atoms with Crippen LogP contribution in [0.3, 0.4) is 0 Å². The first-order valence-corrected chi connectivity index (χ1v) is 8.00. The summed E-state index contributed by atoms with van der Waals surface area (Å²) in [5.41, 5.74) is 5.29. The van der Waals surface area contributed by atoms with Crippen molar-refractivity contribution in [1.29, 1.82) is 0 Å². The Morgan fingerprint density at radius 3 is 2.85 bits per heavy atom. The molecule has 0 aromatic heterocycles. The van der Waals surface area contributed by atoms with Crippen molar-refractivity contribution in [1.82, 2.24) is 0 Å². The molecule has 0 aliphatic carbocycles. The Bertz CT molecular complexity index is 612. The summed E-state index contributed by atoms with van der Waals surface area (Å²) in [5, 5.41) is 3.68. The van der Waals surface area contributed by atoms with Gasteiger partial charge in [-0.25, -0.2) is 0 Å². The molecule has 1 unspecified atom stereocenters. The number of anilines is 1. The highest BCUT2D eigenvalue weighted by atomic mass is 32.2. The van der Waals surface area contributed by atoms with Gasteiger partial charge in [0, 0.05) is 17.2 Å². The van der Waals surface area contributed by atoms with Crippen LogP contribution in [0.1, 0.15) is 22.7 Å². The Kier molecular flexibility index (Phi) is 3.88. The molecule has 0 saturated carbocycles. The summed E-state index contributed by atoms with van der Waals surface area (Å²) in [4.78, 5) is 0. The van der Waals surface area contributed by atoms with E-state index in [1.807, 2.05) is 17.8 Å². The standard InChI is InChI=1S/C17H19NOS/c1-12-9-14(19-2)7-8-16(12)18-17-11-20-10-13-5-3-4-6-15(13)17/h3-9,17-18H,10-11H2,1-2H3. The molecule has 2 aromatic rings. The maximum absolute atomic E-state index is 5.26. The van der Waals surface area contributed by atoms with Gasteiger partial charge in [0.2, 0.25) is 0 Å². The molecule has 0 fully saturated rings. The Morgan fingerprint density at radius 1 is 1.20 bits per heavy atom. The lowest BCUT2D eigenvalue weighted by atomic mass is 10.0. The molecule has 104 valence electrons. The van der Waals surface area contributed by atoms with Gasteiger partial charge < -0.3 is 10.1 Å². The lowest BCUT2D eigenvalue weighted by Crippen LogP contribution is -2.19. The van der Waals surface area contributed by atoms with E-state index in [0.717, 1.165) is 17.3 Å². The zero-order valence-corrected chi connectivity index (χ0v) is 12.7. The molecule has 0 bridgehead atoms. The average Bonchev–Trinajstić information content (AvgIpc) is 2.49. The highest BCUT2D eigenvalue weighted by Crippen LogP contribution is 2.34. The molecular weight excluding hydrogens is 266 g/mol. The summed E-state index contributed by atoms with van der Waals surface area (Å²) in [5.74, 6) is 3.14. The third kappa shape index (κ3) is 2.63. The molecule has 0 radical (unpaired) electrons. The van der Waals surface area contributed by atoms with Gasteiger partial charge in [-0.2, -0.15) is 11.8 Å². The fourth-order valence-corrected chi connectivity index (χ4v) is 3.71. The number of hydrogen-bond donors (Lipinski definition) is 1. The van der Waals surface area contributed by atoms with Crippen molar-refractivity contribution >= 4 is 17.4 Å². The Labute approximate surface area is 124 Å². The van der Waals surface area contributed by atoms with Crippen molar-refractivity contribution in [3.63, 3.8) is 0 Å². The number of nitrogens with one attached hydrogen (secondary N) is 1. The van der Waals surface area contributed by atoms with E-state index in [1.165, 1.54) is 22.4 Å². The first kappa shape index (κ1) is 13.4. The largest absolute Gasteiger partial charge is 0.497 e. The van der Waals surface area contributed by atoms with Crippen LogP contribution >= 0.6 is 11.8 Å². The SMILES string of the molecule is COc1ccc(NC2CSCc3ccccc32)c(C)c1. The molecule has 1 atom stereocenters. The van der Waals surface area contributed by atoms with Crippen LogP contribution in [0.5, 0.6) is 5.75 Å². The summed E-state index contributed by atoms with van der Waals surface area (Å²) in [7, 11) is 1.70. The first-order chi connectivity index (χ1) is 9.78. The number of benzene rings is 2. The molecule has 1 heterocycles. The molecule has 0 saturated heterocycles. The van der Waals surface area contributed by atoms with E-state index in [-0.39, 0.29) is 0 Å². The second-order valence-electron chi connectivity index (χ2n) is 5.09. The molecule has 1 aliphatic rings. The zero-order chi connectivity index (χ0) is 13.9. The fourth-order valence-electron chi connectivity index (χ4n) is 2.61. The smallest absolute Gasteiger partial charge is 0.119 e. The van der Waals surface area contributed by atoms with Gasteiger partial charge in [0.15, 0.2) is 0 Å². The van der Waals surface area contributed by atoms with E-state index in [2.05, 4.69) is 48.6 Å². The minimum absolute atomic E-state index is 0.386. The minimum atomic E-state index is 0.386. The third-order valence-electron chi connectivity index (χ3n) is 3.74. The lowest BCUT2D eigenvalue weighted by Gasteiger charge is -2.27. The first-order valence-electron chi connectivity index (χ1n) is 6.84. The van der Waals surface area contributed by atoms with Crippen LogP contribution in [0.4, 0.5) is 5.69 Å².